The molecule has 0 aromatic heterocycles. The minimum absolute atomic E-state index is 0.0750. The molecule has 0 aromatic carbocycles. The predicted octanol–water partition coefficient (Wildman–Crippen LogP) is 2.11. The molecule has 72 valence electrons. The van der Waals surface area contributed by atoms with Gasteiger partial charge in [0.25, 0.3) is 0 Å². The minimum Gasteiger partial charge on any atom is -0.394 e. The lowest BCUT2D eigenvalue weighted by atomic mass is 9.87. The first-order valence-corrected chi connectivity index (χ1v) is 5.05. The number of aliphatic hydroxyl groups excluding tert-OH is 1. The SMILES string of the molecule is CCC1(CC)CCCC(CO)O1. The van der Waals surface area contributed by atoms with Crippen molar-refractivity contribution in [2.24, 2.45) is 0 Å². The van der Waals surface area contributed by atoms with Crippen molar-refractivity contribution >= 4 is 0 Å². The molecule has 1 heterocycles. The zero-order valence-electron chi connectivity index (χ0n) is 8.18. The van der Waals surface area contributed by atoms with Gasteiger partial charge in [-0.1, -0.05) is 13.8 Å². The van der Waals surface area contributed by atoms with Crippen LogP contribution in [0, 0.1) is 0 Å². The molecule has 0 saturated carbocycles. The second-order valence-electron chi connectivity index (χ2n) is 3.70. The molecule has 0 aromatic rings. The molecule has 1 unspecified atom stereocenters. The fourth-order valence-electron chi connectivity index (χ4n) is 2.02. The Balaban J connectivity index is 2.52. The van der Waals surface area contributed by atoms with E-state index in [0.29, 0.717) is 0 Å². The Kier molecular flexibility index (Phi) is 3.53. The van der Waals surface area contributed by atoms with Crippen LogP contribution in [0.5, 0.6) is 0 Å². The molecule has 1 aliphatic heterocycles. The lowest BCUT2D eigenvalue weighted by Crippen LogP contribution is -2.41. The molecule has 0 amide bonds. The third kappa shape index (κ3) is 1.99. The topological polar surface area (TPSA) is 29.5 Å². The lowest BCUT2D eigenvalue weighted by Gasteiger charge is -2.39. The van der Waals surface area contributed by atoms with Gasteiger partial charge in [0.05, 0.1) is 18.3 Å². The van der Waals surface area contributed by atoms with Crippen LogP contribution in [0.2, 0.25) is 0 Å². The van der Waals surface area contributed by atoms with Gasteiger partial charge in [0.2, 0.25) is 0 Å². The van der Waals surface area contributed by atoms with Crippen molar-refractivity contribution in [3.8, 4) is 0 Å². The van der Waals surface area contributed by atoms with Crippen LogP contribution in [0.4, 0.5) is 0 Å². The van der Waals surface area contributed by atoms with Crippen molar-refractivity contribution in [1.29, 1.82) is 0 Å². The second-order valence-corrected chi connectivity index (χ2v) is 3.70. The molecule has 1 aliphatic rings. The minimum atomic E-state index is 0.0750. The number of hydrogen-bond donors (Lipinski definition) is 1. The van der Waals surface area contributed by atoms with Crippen LogP contribution in [-0.4, -0.2) is 23.4 Å². The van der Waals surface area contributed by atoms with Crippen molar-refractivity contribution in [3.05, 3.63) is 0 Å². The molecule has 2 nitrogen and oxygen atoms in total. The Morgan fingerprint density at radius 2 is 2.08 bits per heavy atom. The van der Waals surface area contributed by atoms with Gasteiger partial charge in [-0.15, -0.1) is 0 Å². The number of aliphatic hydroxyl groups is 1. The standard InChI is InChI=1S/C10H20O2/c1-3-10(4-2)7-5-6-9(8-11)12-10/h9,11H,3-8H2,1-2H3. The zero-order valence-corrected chi connectivity index (χ0v) is 8.18. The zero-order chi connectivity index (χ0) is 9.03. The summed E-state index contributed by atoms with van der Waals surface area (Å²) in [5.74, 6) is 0. The molecule has 2 heteroatoms. The summed E-state index contributed by atoms with van der Waals surface area (Å²) in [6.45, 7) is 4.52. The van der Waals surface area contributed by atoms with E-state index < -0.39 is 0 Å². The third-order valence-electron chi connectivity index (χ3n) is 3.07. The first-order valence-electron chi connectivity index (χ1n) is 5.05. The Bertz CT molecular complexity index is 130. The molecule has 1 rings (SSSR count). The van der Waals surface area contributed by atoms with Gasteiger partial charge in [0, 0.05) is 0 Å². The van der Waals surface area contributed by atoms with Crippen molar-refractivity contribution in [2.45, 2.75) is 57.7 Å². The van der Waals surface area contributed by atoms with Gasteiger partial charge in [-0.25, -0.2) is 0 Å². The van der Waals surface area contributed by atoms with E-state index in [1.54, 1.807) is 0 Å². The summed E-state index contributed by atoms with van der Waals surface area (Å²) in [4.78, 5) is 0. The second kappa shape index (κ2) is 4.24. The Morgan fingerprint density at radius 1 is 1.42 bits per heavy atom. The summed E-state index contributed by atoms with van der Waals surface area (Å²) < 4.78 is 5.87. The van der Waals surface area contributed by atoms with Gasteiger partial charge in [0.15, 0.2) is 0 Å². The molecule has 0 spiro atoms. The first-order chi connectivity index (χ1) is 5.76. The number of hydrogen-bond acceptors (Lipinski definition) is 2. The summed E-state index contributed by atoms with van der Waals surface area (Å²) in [5, 5.41) is 8.99. The smallest absolute Gasteiger partial charge is 0.0813 e. The maximum absolute atomic E-state index is 8.99. The van der Waals surface area contributed by atoms with Crippen molar-refractivity contribution < 1.29 is 9.84 Å². The van der Waals surface area contributed by atoms with Crippen LogP contribution in [0.3, 0.4) is 0 Å². The number of rotatable bonds is 3. The van der Waals surface area contributed by atoms with Crippen LogP contribution >= 0.6 is 0 Å². The molecule has 1 saturated heterocycles. The Labute approximate surface area is 74.9 Å². The quantitative estimate of drug-likeness (QED) is 0.706. The van der Waals surface area contributed by atoms with Crippen LogP contribution in [0.25, 0.3) is 0 Å². The molecular weight excluding hydrogens is 152 g/mol. The van der Waals surface area contributed by atoms with Crippen LogP contribution in [0.15, 0.2) is 0 Å². The predicted molar refractivity (Wildman–Crippen MR) is 49.1 cm³/mol. The fraction of sp³-hybridized carbons (Fsp3) is 1.00. The molecule has 1 fully saturated rings. The lowest BCUT2D eigenvalue weighted by molar-refractivity contribution is -0.145. The van der Waals surface area contributed by atoms with Gasteiger partial charge in [-0.2, -0.15) is 0 Å². The third-order valence-corrected chi connectivity index (χ3v) is 3.07. The number of ether oxygens (including phenoxy) is 1. The van der Waals surface area contributed by atoms with Crippen molar-refractivity contribution in [2.75, 3.05) is 6.61 Å². The average molecular weight is 172 g/mol. The van der Waals surface area contributed by atoms with E-state index in [0.717, 1.165) is 25.7 Å². The Hall–Kier alpha value is -0.0800. The molecule has 12 heavy (non-hydrogen) atoms. The maximum Gasteiger partial charge on any atom is 0.0813 e. The Morgan fingerprint density at radius 3 is 2.58 bits per heavy atom. The highest BCUT2D eigenvalue weighted by Gasteiger charge is 2.33. The van der Waals surface area contributed by atoms with Gasteiger partial charge in [-0.05, 0) is 32.1 Å². The summed E-state index contributed by atoms with van der Waals surface area (Å²) in [5.41, 5.74) is 0.0750. The van der Waals surface area contributed by atoms with Crippen LogP contribution in [-0.2, 0) is 4.74 Å². The summed E-state index contributed by atoms with van der Waals surface area (Å²) in [6, 6.07) is 0. The van der Waals surface area contributed by atoms with E-state index in [-0.39, 0.29) is 18.3 Å². The maximum atomic E-state index is 8.99. The summed E-state index contributed by atoms with van der Waals surface area (Å²) in [6.07, 6.45) is 5.63. The summed E-state index contributed by atoms with van der Waals surface area (Å²) in [7, 11) is 0. The van der Waals surface area contributed by atoms with Gasteiger partial charge in [-0.3, -0.25) is 0 Å². The van der Waals surface area contributed by atoms with Crippen molar-refractivity contribution in [3.63, 3.8) is 0 Å². The molecule has 0 aliphatic carbocycles. The highest BCUT2D eigenvalue weighted by Crippen LogP contribution is 2.33. The monoisotopic (exact) mass is 172 g/mol. The average Bonchev–Trinajstić information content (AvgIpc) is 2.18. The van der Waals surface area contributed by atoms with Gasteiger partial charge < -0.3 is 9.84 Å². The van der Waals surface area contributed by atoms with E-state index >= 15 is 0 Å². The summed E-state index contributed by atoms with van der Waals surface area (Å²) >= 11 is 0. The van der Waals surface area contributed by atoms with E-state index in [4.69, 9.17) is 9.84 Å². The van der Waals surface area contributed by atoms with E-state index in [2.05, 4.69) is 13.8 Å². The first kappa shape index (κ1) is 10.0. The van der Waals surface area contributed by atoms with Gasteiger partial charge in [0.1, 0.15) is 0 Å². The molecule has 1 N–H and O–H groups in total. The normalized spacial score (nSPS) is 28.8. The molecule has 0 radical (unpaired) electrons. The molecular formula is C10H20O2. The fourth-order valence-corrected chi connectivity index (χ4v) is 2.02. The van der Waals surface area contributed by atoms with E-state index in [1.807, 2.05) is 0 Å². The van der Waals surface area contributed by atoms with Crippen LogP contribution in [0.1, 0.15) is 46.0 Å². The van der Waals surface area contributed by atoms with Crippen LogP contribution < -0.4 is 0 Å². The van der Waals surface area contributed by atoms with Gasteiger partial charge >= 0.3 is 0 Å². The van der Waals surface area contributed by atoms with E-state index in [9.17, 15) is 0 Å². The largest absolute Gasteiger partial charge is 0.394 e. The molecule has 0 bridgehead atoms. The van der Waals surface area contributed by atoms with E-state index in [1.165, 1.54) is 6.42 Å². The molecule has 1 atom stereocenters. The van der Waals surface area contributed by atoms with Crippen molar-refractivity contribution in [1.82, 2.24) is 0 Å². The highest BCUT2D eigenvalue weighted by atomic mass is 16.5. The highest BCUT2D eigenvalue weighted by molar-refractivity contribution is 4.83.